The van der Waals surface area contributed by atoms with Crippen molar-refractivity contribution in [2.24, 2.45) is 0 Å². The van der Waals surface area contributed by atoms with E-state index in [-0.39, 0.29) is 6.10 Å². The minimum atomic E-state index is -0.697. The Hall–Kier alpha value is -2.82. The molecular formula is C28H30O. The highest BCUT2D eigenvalue weighted by Gasteiger charge is 2.39. The lowest BCUT2D eigenvalue weighted by molar-refractivity contribution is -0.0492. The van der Waals surface area contributed by atoms with E-state index in [0.717, 1.165) is 29.5 Å². The van der Waals surface area contributed by atoms with Crippen LogP contribution in [0, 0.1) is 12.3 Å². The lowest BCUT2D eigenvalue weighted by Gasteiger charge is -2.39. The summed E-state index contributed by atoms with van der Waals surface area (Å²) in [6.45, 7) is 2.22. The van der Waals surface area contributed by atoms with Gasteiger partial charge in [0.15, 0.2) is 0 Å². The van der Waals surface area contributed by atoms with Gasteiger partial charge in [-0.3, -0.25) is 0 Å². The first-order chi connectivity index (χ1) is 14.3. The third-order valence-electron chi connectivity index (χ3n) is 5.36. The molecular weight excluding hydrogens is 352 g/mol. The lowest BCUT2D eigenvalue weighted by Crippen LogP contribution is -2.37. The smallest absolute Gasteiger partial charge is 0.144 e. The largest absolute Gasteiger partial charge is 0.357 e. The van der Waals surface area contributed by atoms with Gasteiger partial charge < -0.3 is 4.74 Å². The minimum Gasteiger partial charge on any atom is -0.357 e. The van der Waals surface area contributed by atoms with E-state index in [1.54, 1.807) is 0 Å². The van der Waals surface area contributed by atoms with Crippen LogP contribution in [-0.4, -0.2) is 6.10 Å². The molecule has 1 unspecified atom stereocenters. The summed E-state index contributed by atoms with van der Waals surface area (Å²) in [5.74, 6) is 2.85. The maximum absolute atomic E-state index is 7.04. The molecule has 3 aromatic carbocycles. The quantitative estimate of drug-likeness (QED) is 0.209. The van der Waals surface area contributed by atoms with Crippen LogP contribution < -0.4 is 0 Å². The van der Waals surface area contributed by atoms with E-state index < -0.39 is 5.60 Å². The lowest BCUT2D eigenvalue weighted by atomic mass is 9.79. The Morgan fingerprint density at radius 3 is 1.59 bits per heavy atom. The molecule has 148 valence electrons. The van der Waals surface area contributed by atoms with Crippen molar-refractivity contribution in [1.82, 2.24) is 0 Å². The number of ether oxygens (including phenoxy) is 1. The summed E-state index contributed by atoms with van der Waals surface area (Å²) in [7, 11) is 0. The molecule has 0 fully saturated rings. The maximum Gasteiger partial charge on any atom is 0.144 e. The second-order valence-corrected chi connectivity index (χ2v) is 7.42. The van der Waals surface area contributed by atoms with Gasteiger partial charge in [0.05, 0.1) is 6.10 Å². The van der Waals surface area contributed by atoms with Gasteiger partial charge in [0.25, 0.3) is 0 Å². The van der Waals surface area contributed by atoms with Crippen LogP contribution in [0.4, 0.5) is 0 Å². The van der Waals surface area contributed by atoms with Crippen LogP contribution in [0.1, 0.15) is 55.7 Å². The number of terminal acetylenes is 1. The van der Waals surface area contributed by atoms with E-state index in [9.17, 15) is 0 Å². The molecule has 0 spiro atoms. The zero-order valence-electron chi connectivity index (χ0n) is 17.3. The number of hydrogen-bond donors (Lipinski definition) is 0. The zero-order chi connectivity index (χ0) is 20.4. The second-order valence-electron chi connectivity index (χ2n) is 7.42. The highest BCUT2D eigenvalue weighted by molar-refractivity contribution is 5.47. The number of unbranched alkanes of at least 4 members (excludes halogenated alkanes) is 2. The van der Waals surface area contributed by atoms with Crippen LogP contribution in [0.5, 0.6) is 0 Å². The van der Waals surface area contributed by atoms with E-state index in [1.807, 2.05) is 18.2 Å². The first-order valence-electron chi connectivity index (χ1n) is 10.6. The van der Waals surface area contributed by atoms with E-state index >= 15 is 0 Å². The van der Waals surface area contributed by atoms with E-state index in [4.69, 9.17) is 11.2 Å². The Morgan fingerprint density at radius 1 is 0.759 bits per heavy atom. The first-order valence-corrected chi connectivity index (χ1v) is 10.6. The number of rotatable bonds is 10. The van der Waals surface area contributed by atoms with Gasteiger partial charge in [0.1, 0.15) is 5.60 Å². The summed E-state index contributed by atoms with van der Waals surface area (Å²) in [5.41, 5.74) is 2.66. The fourth-order valence-electron chi connectivity index (χ4n) is 3.93. The highest BCUT2D eigenvalue weighted by atomic mass is 16.5. The molecule has 1 nitrogen and oxygen atoms in total. The van der Waals surface area contributed by atoms with Gasteiger partial charge in [0, 0.05) is 6.42 Å². The van der Waals surface area contributed by atoms with Gasteiger partial charge in [0.2, 0.25) is 0 Å². The molecule has 3 aromatic rings. The monoisotopic (exact) mass is 382 g/mol. The van der Waals surface area contributed by atoms with Crippen molar-refractivity contribution in [2.75, 3.05) is 0 Å². The standard InChI is InChI=1S/C28H30O/c1-3-5-9-23-27(16-4-2)29-28(24-17-10-6-11-18-24,25-19-12-7-13-20-25)26-21-14-8-15-22-26/h2,6-8,10-15,17-22,27H,3,5,9,16,23H2,1H3. The molecule has 0 heterocycles. The van der Waals surface area contributed by atoms with Crippen LogP contribution in [-0.2, 0) is 10.3 Å². The zero-order valence-corrected chi connectivity index (χ0v) is 17.3. The summed E-state index contributed by atoms with van der Waals surface area (Å²) in [5, 5.41) is 0. The normalized spacial score (nSPS) is 12.3. The first kappa shape index (κ1) is 20.9. The van der Waals surface area contributed by atoms with Gasteiger partial charge in [-0.15, -0.1) is 12.3 Å². The molecule has 3 rings (SSSR count). The van der Waals surface area contributed by atoms with Crippen molar-refractivity contribution in [3.8, 4) is 12.3 Å². The predicted octanol–water partition coefficient (Wildman–Crippen LogP) is 6.97. The van der Waals surface area contributed by atoms with Gasteiger partial charge in [-0.05, 0) is 23.1 Å². The summed E-state index contributed by atoms with van der Waals surface area (Å²) >= 11 is 0. The topological polar surface area (TPSA) is 9.23 Å². The Bertz CT molecular complexity index is 781. The average molecular weight is 383 g/mol. The van der Waals surface area contributed by atoms with Crippen molar-refractivity contribution in [2.45, 2.75) is 50.7 Å². The van der Waals surface area contributed by atoms with E-state index in [2.05, 4.69) is 85.6 Å². The second kappa shape index (κ2) is 10.6. The average Bonchev–Trinajstić information content (AvgIpc) is 2.79. The van der Waals surface area contributed by atoms with Crippen LogP contribution in [0.25, 0.3) is 0 Å². The highest BCUT2D eigenvalue weighted by Crippen LogP contribution is 2.42. The molecule has 29 heavy (non-hydrogen) atoms. The van der Waals surface area contributed by atoms with Crippen LogP contribution >= 0.6 is 0 Å². The maximum atomic E-state index is 7.04. The van der Waals surface area contributed by atoms with Crippen molar-refractivity contribution in [1.29, 1.82) is 0 Å². The molecule has 1 atom stereocenters. The summed E-state index contributed by atoms with van der Waals surface area (Å²) < 4.78 is 7.04. The molecule has 0 aromatic heterocycles. The third-order valence-corrected chi connectivity index (χ3v) is 5.36. The van der Waals surface area contributed by atoms with E-state index in [0.29, 0.717) is 6.42 Å². The molecule has 0 amide bonds. The number of hydrogen-bond acceptors (Lipinski definition) is 1. The summed E-state index contributed by atoms with van der Waals surface area (Å²) in [6.07, 6.45) is 10.8. The summed E-state index contributed by atoms with van der Waals surface area (Å²) in [6, 6.07) is 31.5. The fraction of sp³-hybridized carbons (Fsp3) is 0.286. The third kappa shape index (κ3) is 4.97. The molecule has 0 aliphatic heterocycles. The van der Waals surface area contributed by atoms with Crippen molar-refractivity contribution in [3.63, 3.8) is 0 Å². The molecule has 0 saturated heterocycles. The van der Waals surface area contributed by atoms with E-state index in [1.165, 1.54) is 12.8 Å². The SMILES string of the molecule is C#CCC(CCCCC)OC(c1ccccc1)(c1ccccc1)c1ccccc1. The molecule has 0 saturated carbocycles. The van der Waals surface area contributed by atoms with Crippen LogP contribution in [0.2, 0.25) is 0 Å². The van der Waals surface area contributed by atoms with Crippen LogP contribution in [0.3, 0.4) is 0 Å². The van der Waals surface area contributed by atoms with Crippen molar-refractivity contribution in [3.05, 3.63) is 108 Å². The molecule has 1 heteroatoms. The van der Waals surface area contributed by atoms with Gasteiger partial charge in [-0.2, -0.15) is 0 Å². The molecule has 0 aliphatic carbocycles. The minimum absolute atomic E-state index is 0.00725. The Balaban J connectivity index is 2.15. The fourth-order valence-corrected chi connectivity index (χ4v) is 3.93. The predicted molar refractivity (Wildman–Crippen MR) is 122 cm³/mol. The van der Waals surface area contributed by atoms with Crippen molar-refractivity contribution >= 4 is 0 Å². The van der Waals surface area contributed by atoms with Crippen LogP contribution in [0.15, 0.2) is 91.0 Å². The Kier molecular flexibility index (Phi) is 7.68. The Labute approximate surface area is 175 Å². The van der Waals surface area contributed by atoms with Crippen molar-refractivity contribution < 1.29 is 4.74 Å². The van der Waals surface area contributed by atoms with Gasteiger partial charge in [-0.25, -0.2) is 0 Å². The number of benzene rings is 3. The molecule has 0 radical (unpaired) electrons. The molecule has 0 bridgehead atoms. The summed E-state index contributed by atoms with van der Waals surface area (Å²) in [4.78, 5) is 0. The molecule has 0 N–H and O–H groups in total. The van der Waals surface area contributed by atoms with Gasteiger partial charge in [-0.1, -0.05) is 117 Å². The Morgan fingerprint density at radius 2 is 1.21 bits per heavy atom. The van der Waals surface area contributed by atoms with Gasteiger partial charge >= 0.3 is 0 Å². The molecule has 0 aliphatic rings.